The van der Waals surface area contributed by atoms with E-state index in [0.29, 0.717) is 11.4 Å². The van der Waals surface area contributed by atoms with Crippen molar-refractivity contribution in [2.45, 2.75) is 32.9 Å². The standard InChI is InChI=1S/C13H15N3O/c1-8(2)16-12-5-4-10(7-14)6-11(12)15-13(16)9(3)17/h4-6,8-9,17H,1-3H3. The molecule has 1 atom stereocenters. The second kappa shape index (κ2) is 4.19. The molecule has 1 aromatic heterocycles. The molecule has 4 nitrogen and oxygen atoms in total. The van der Waals surface area contributed by atoms with Gasteiger partial charge < -0.3 is 9.67 Å². The van der Waals surface area contributed by atoms with Crippen LogP contribution >= 0.6 is 0 Å². The lowest BCUT2D eigenvalue weighted by atomic mass is 10.2. The van der Waals surface area contributed by atoms with E-state index in [0.717, 1.165) is 11.0 Å². The van der Waals surface area contributed by atoms with Gasteiger partial charge in [-0.2, -0.15) is 5.26 Å². The van der Waals surface area contributed by atoms with Crippen LogP contribution in [0.4, 0.5) is 0 Å². The molecule has 88 valence electrons. The van der Waals surface area contributed by atoms with Gasteiger partial charge in [0.05, 0.1) is 22.7 Å². The molecule has 1 aromatic carbocycles. The number of rotatable bonds is 2. The Kier molecular flexibility index (Phi) is 2.86. The van der Waals surface area contributed by atoms with E-state index in [-0.39, 0.29) is 6.04 Å². The number of aromatic nitrogens is 2. The molecule has 1 N–H and O–H groups in total. The molecular formula is C13H15N3O. The Morgan fingerprint density at radius 3 is 2.59 bits per heavy atom. The Morgan fingerprint density at radius 1 is 1.35 bits per heavy atom. The molecule has 0 spiro atoms. The summed E-state index contributed by atoms with van der Waals surface area (Å²) in [4.78, 5) is 4.40. The molecule has 0 saturated heterocycles. The molecule has 0 saturated carbocycles. The molecule has 0 amide bonds. The van der Waals surface area contributed by atoms with Gasteiger partial charge in [-0.1, -0.05) is 0 Å². The van der Waals surface area contributed by atoms with E-state index in [2.05, 4.69) is 11.1 Å². The average molecular weight is 229 g/mol. The van der Waals surface area contributed by atoms with Crippen LogP contribution in [0.1, 0.15) is 44.3 Å². The summed E-state index contributed by atoms with van der Waals surface area (Å²) in [7, 11) is 0. The summed E-state index contributed by atoms with van der Waals surface area (Å²) in [6.07, 6.45) is -0.615. The van der Waals surface area contributed by atoms with Crippen molar-refractivity contribution < 1.29 is 5.11 Å². The molecule has 0 bridgehead atoms. The van der Waals surface area contributed by atoms with Crippen LogP contribution in [0, 0.1) is 11.3 Å². The number of hydrogen-bond acceptors (Lipinski definition) is 3. The average Bonchev–Trinajstić information content (AvgIpc) is 2.66. The SMILES string of the molecule is CC(O)c1nc2cc(C#N)ccc2n1C(C)C. The van der Waals surface area contributed by atoms with Crippen LogP contribution in [0.15, 0.2) is 18.2 Å². The third-order valence-corrected chi connectivity index (χ3v) is 2.74. The van der Waals surface area contributed by atoms with E-state index in [4.69, 9.17) is 5.26 Å². The predicted molar refractivity (Wildman–Crippen MR) is 65.5 cm³/mol. The largest absolute Gasteiger partial charge is 0.385 e. The zero-order chi connectivity index (χ0) is 12.6. The van der Waals surface area contributed by atoms with Crippen molar-refractivity contribution in [3.05, 3.63) is 29.6 Å². The Labute approximate surface area is 100 Å². The molecule has 2 rings (SSSR count). The van der Waals surface area contributed by atoms with Gasteiger partial charge in [0.2, 0.25) is 0 Å². The van der Waals surface area contributed by atoms with Crippen LogP contribution in [0.3, 0.4) is 0 Å². The van der Waals surface area contributed by atoms with Crippen molar-refractivity contribution in [1.29, 1.82) is 5.26 Å². The van der Waals surface area contributed by atoms with Crippen LogP contribution < -0.4 is 0 Å². The summed E-state index contributed by atoms with van der Waals surface area (Å²) in [5.41, 5.74) is 2.30. The predicted octanol–water partition coefficient (Wildman–Crippen LogP) is 2.54. The second-order valence-corrected chi connectivity index (χ2v) is 4.43. The molecular weight excluding hydrogens is 214 g/mol. The van der Waals surface area contributed by atoms with Gasteiger partial charge in [0.25, 0.3) is 0 Å². The summed E-state index contributed by atoms with van der Waals surface area (Å²) in [6.45, 7) is 5.79. The Hall–Kier alpha value is -1.86. The van der Waals surface area contributed by atoms with Gasteiger partial charge in [-0.25, -0.2) is 4.98 Å². The third kappa shape index (κ3) is 1.90. The number of nitrogens with zero attached hydrogens (tertiary/aromatic N) is 3. The van der Waals surface area contributed by atoms with E-state index in [1.807, 2.05) is 24.5 Å². The van der Waals surface area contributed by atoms with Crippen molar-refractivity contribution in [1.82, 2.24) is 9.55 Å². The molecule has 0 fully saturated rings. The fraction of sp³-hybridized carbons (Fsp3) is 0.385. The molecule has 0 aliphatic carbocycles. The fourth-order valence-corrected chi connectivity index (χ4v) is 2.02. The smallest absolute Gasteiger partial charge is 0.138 e. The molecule has 0 aliphatic heterocycles. The maximum Gasteiger partial charge on any atom is 0.138 e. The maximum absolute atomic E-state index is 9.73. The van der Waals surface area contributed by atoms with E-state index < -0.39 is 6.10 Å². The van der Waals surface area contributed by atoms with E-state index in [1.165, 1.54) is 0 Å². The van der Waals surface area contributed by atoms with E-state index in [9.17, 15) is 5.11 Å². The van der Waals surface area contributed by atoms with Crippen LogP contribution in [-0.4, -0.2) is 14.7 Å². The minimum atomic E-state index is -0.615. The monoisotopic (exact) mass is 229 g/mol. The zero-order valence-electron chi connectivity index (χ0n) is 10.2. The summed E-state index contributed by atoms with van der Waals surface area (Å²) >= 11 is 0. The van der Waals surface area contributed by atoms with E-state index in [1.54, 1.807) is 19.1 Å². The second-order valence-electron chi connectivity index (χ2n) is 4.43. The number of hydrogen-bond donors (Lipinski definition) is 1. The zero-order valence-corrected chi connectivity index (χ0v) is 10.2. The van der Waals surface area contributed by atoms with E-state index >= 15 is 0 Å². The highest BCUT2D eigenvalue weighted by molar-refractivity contribution is 5.78. The minimum Gasteiger partial charge on any atom is -0.385 e. The number of aliphatic hydroxyl groups excluding tert-OH is 1. The number of fused-ring (bicyclic) bond motifs is 1. The first-order valence-electron chi connectivity index (χ1n) is 5.64. The third-order valence-electron chi connectivity index (χ3n) is 2.74. The fourth-order valence-electron chi connectivity index (χ4n) is 2.02. The summed E-state index contributed by atoms with van der Waals surface area (Å²) < 4.78 is 2.00. The van der Waals surface area contributed by atoms with Crippen molar-refractivity contribution >= 4 is 11.0 Å². The topological polar surface area (TPSA) is 61.8 Å². The van der Waals surface area contributed by atoms with Gasteiger partial charge in [-0.3, -0.25) is 0 Å². The highest BCUT2D eigenvalue weighted by Gasteiger charge is 2.16. The van der Waals surface area contributed by atoms with Crippen LogP contribution in [-0.2, 0) is 0 Å². The lowest BCUT2D eigenvalue weighted by Crippen LogP contribution is -2.08. The molecule has 4 heteroatoms. The molecule has 1 heterocycles. The maximum atomic E-state index is 9.73. The lowest BCUT2D eigenvalue weighted by molar-refractivity contribution is 0.182. The first-order chi connectivity index (χ1) is 8.04. The van der Waals surface area contributed by atoms with Gasteiger partial charge in [-0.15, -0.1) is 0 Å². The highest BCUT2D eigenvalue weighted by atomic mass is 16.3. The van der Waals surface area contributed by atoms with Gasteiger partial charge in [0, 0.05) is 6.04 Å². The lowest BCUT2D eigenvalue weighted by Gasteiger charge is -2.14. The van der Waals surface area contributed by atoms with Crippen molar-refractivity contribution in [2.24, 2.45) is 0 Å². The number of nitriles is 1. The van der Waals surface area contributed by atoms with Gasteiger partial charge >= 0.3 is 0 Å². The summed E-state index contributed by atoms with van der Waals surface area (Å²) in [5, 5.41) is 18.6. The summed E-state index contributed by atoms with van der Waals surface area (Å²) in [5.74, 6) is 0.644. The van der Waals surface area contributed by atoms with Gasteiger partial charge in [0.15, 0.2) is 0 Å². The molecule has 0 aliphatic rings. The highest BCUT2D eigenvalue weighted by Crippen LogP contribution is 2.25. The molecule has 1 unspecified atom stereocenters. The minimum absolute atomic E-state index is 0.220. The van der Waals surface area contributed by atoms with Gasteiger partial charge in [-0.05, 0) is 39.0 Å². The van der Waals surface area contributed by atoms with Crippen molar-refractivity contribution in [3.8, 4) is 6.07 Å². The van der Waals surface area contributed by atoms with Crippen LogP contribution in [0.5, 0.6) is 0 Å². The normalized spacial score (nSPS) is 12.9. The Bertz CT molecular complexity index is 590. The van der Waals surface area contributed by atoms with Gasteiger partial charge in [0.1, 0.15) is 11.9 Å². The first kappa shape index (κ1) is 11.6. The van der Waals surface area contributed by atoms with Crippen molar-refractivity contribution in [3.63, 3.8) is 0 Å². The van der Waals surface area contributed by atoms with Crippen molar-refractivity contribution in [2.75, 3.05) is 0 Å². The number of imidazole rings is 1. The molecule has 17 heavy (non-hydrogen) atoms. The van der Waals surface area contributed by atoms with Crippen LogP contribution in [0.2, 0.25) is 0 Å². The quantitative estimate of drug-likeness (QED) is 0.860. The molecule has 0 radical (unpaired) electrons. The Morgan fingerprint density at radius 2 is 2.06 bits per heavy atom. The Balaban J connectivity index is 2.75. The molecule has 2 aromatic rings. The van der Waals surface area contributed by atoms with Crippen LogP contribution in [0.25, 0.3) is 11.0 Å². The summed E-state index contributed by atoms with van der Waals surface area (Å²) in [6, 6.07) is 7.72. The number of benzene rings is 1. The number of aliphatic hydroxyl groups is 1. The first-order valence-corrected chi connectivity index (χ1v) is 5.64.